The van der Waals surface area contributed by atoms with Gasteiger partial charge in [0, 0.05) is 6.92 Å². The number of carbonyl (C=O) groups excluding carboxylic acids is 1. The van der Waals surface area contributed by atoms with Gasteiger partial charge in [-0.3, -0.25) is 4.79 Å². The molecule has 14 heavy (non-hydrogen) atoms. The maximum absolute atomic E-state index is 10.8. The quantitative estimate of drug-likeness (QED) is 0.710. The predicted molar refractivity (Wildman–Crippen MR) is 54.4 cm³/mol. The molecule has 1 amide bonds. The van der Waals surface area contributed by atoms with Crippen molar-refractivity contribution in [1.29, 1.82) is 0 Å². The summed E-state index contributed by atoms with van der Waals surface area (Å²) in [5.74, 6) is 2.37. The minimum Gasteiger partial charge on any atom is -0.348 e. The summed E-state index contributed by atoms with van der Waals surface area (Å²) in [5.41, 5.74) is 1.36. The van der Waals surface area contributed by atoms with Crippen molar-refractivity contribution < 1.29 is 4.79 Å². The molecular formula is C11H12N2O. The molecule has 0 aliphatic carbocycles. The van der Waals surface area contributed by atoms with Crippen LogP contribution in [-0.2, 0) is 4.79 Å². The molecule has 0 saturated heterocycles. The first-order valence-electron chi connectivity index (χ1n) is 4.34. The maximum Gasteiger partial charge on any atom is 0.217 e. The Bertz CT molecular complexity index is 379. The average molecular weight is 188 g/mol. The van der Waals surface area contributed by atoms with Gasteiger partial charge in [-0.15, -0.1) is 6.42 Å². The number of rotatable bonds is 2. The summed E-state index contributed by atoms with van der Waals surface area (Å²) in [6.45, 7) is 3.34. The zero-order chi connectivity index (χ0) is 10.6. The van der Waals surface area contributed by atoms with Gasteiger partial charge < -0.3 is 5.32 Å². The Labute approximate surface area is 83.6 Å². The van der Waals surface area contributed by atoms with E-state index in [9.17, 15) is 4.79 Å². The van der Waals surface area contributed by atoms with Crippen LogP contribution in [0.4, 0.5) is 0 Å². The van der Waals surface area contributed by atoms with E-state index >= 15 is 0 Å². The molecule has 0 radical (unpaired) electrons. The minimum absolute atomic E-state index is 0.0783. The van der Waals surface area contributed by atoms with Crippen molar-refractivity contribution in [3.05, 3.63) is 29.6 Å². The molecule has 1 unspecified atom stereocenters. The minimum atomic E-state index is -0.110. The summed E-state index contributed by atoms with van der Waals surface area (Å²) in [6, 6.07) is 5.31. The summed E-state index contributed by atoms with van der Waals surface area (Å²) >= 11 is 0. The molecule has 72 valence electrons. The fourth-order valence-corrected chi connectivity index (χ4v) is 1.15. The normalized spacial score (nSPS) is 11.5. The van der Waals surface area contributed by atoms with Crippen LogP contribution in [0, 0.1) is 12.3 Å². The number of aromatic nitrogens is 1. The van der Waals surface area contributed by atoms with Crippen molar-refractivity contribution in [3.8, 4) is 12.3 Å². The average Bonchev–Trinajstić information content (AvgIpc) is 2.17. The number of pyridine rings is 1. The molecule has 3 heteroatoms. The Morgan fingerprint density at radius 1 is 1.64 bits per heavy atom. The topological polar surface area (TPSA) is 42.0 Å². The van der Waals surface area contributed by atoms with E-state index < -0.39 is 0 Å². The summed E-state index contributed by atoms with van der Waals surface area (Å²) in [6.07, 6.45) is 5.22. The molecule has 1 heterocycles. The number of terminal acetylenes is 1. The summed E-state index contributed by atoms with van der Waals surface area (Å²) in [5, 5.41) is 2.74. The lowest BCUT2D eigenvalue weighted by Crippen LogP contribution is -2.24. The first-order valence-corrected chi connectivity index (χ1v) is 4.34. The molecule has 1 rings (SSSR count). The Morgan fingerprint density at radius 2 is 2.36 bits per heavy atom. The predicted octanol–water partition coefficient (Wildman–Crippen LogP) is 1.26. The molecule has 1 aromatic rings. The zero-order valence-electron chi connectivity index (χ0n) is 8.24. The second-order valence-corrected chi connectivity index (χ2v) is 3.01. The molecule has 1 aromatic heterocycles. The van der Waals surface area contributed by atoms with Gasteiger partial charge in [-0.2, -0.15) is 0 Å². The molecule has 0 saturated carbocycles. The lowest BCUT2D eigenvalue weighted by molar-refractivity contribution is -0.119. The highest BCUT2D eigenvalue weighted by molar-refractivity contribution is 5.73. The standard InChI is InChI=1S/C11H12N2O/c1-4-10-6-5-7-11(13-10)8(2)12-9(3)14/h1,5-8H,2-3H3,(H,12,14). The fraction of sp³-hybridized carbons (Fsp3) is 0.273. The second kappa shape index (κ2) is 4.43. The van der Waals surface area contributed by atoms with Gasteiger partial charge in [0.1, 0.15) is 5.69 Å². The van der Waals surface area contributed by atoms with Crippen LogP contribution in [0.5, 0.6) is 0 Å². The van der Waals surface area contributed by atoms with Crippen molar-refractivity contribution in [2.45, 2.75) is 19.9 Å². The van der Waals surface area contributed by atoms with E-state index in [4.69, 9.17) is 6.42 Å². The largest absolute Gasteiger partial charge is 0.348 e. The van der Waals surface area contributed by atoms with E-state index in [1.54, 1.807) is 6.07 Å². The van der Waals surface area contributed by atoms with Crippen LogP contribution >= 0.6 is 0 Å². The number of nitrogens with zero attached hydrogens (tertiary/aromatic N) is 1. The molecule has 0 bridgehead atoms. The third-order valence-corrected chi connectivity index (χ3v) is 1.78. The third-order valence-electron chi connectivity index (χ3n) is 1.78. The van der Waals surface area contributed by atoms with Crippen LogP contribution in [0.15, 0.2) is 18.2 Å². The maximum atomic E-state index is 10.8. The molecular weight excluding hydrogens is 176 g/mol. The molecule has 0 spiro atoms. The van der Waals surface area contributed by atoms with Gasteiger partial charge in [0.05, 0.1) is 11.7 Å². The van der Waals surface area contributed by atoms with Crippen LogP contribution in [0.1, 0.15) is 31.3 Å². The molecule has 0 aliphatic rings. The van der Waals surface area contributed by atoms with Crippen LogP contribution in [0.2, 0.25) is 0 Å². The summed E-state index contributed by atoms with van der Waals surface area (Å²) in [4.78, 5) is 15.0. The summed E-state index contributed by atoms with van der Waals surface area (Å²) < 4.78 is 0. The van der Waals surface area contributed by atoms with E-state index in [2.05, 4.69) is 16.2 Å². The molecule has 0 aliphatic heterocycles. The van der Waals surface area contributed by atoms with Gasteiger partial charge in [0.2, 0.25) is 5.91 Å². The smallest absolute Gasteiger partial charge is 0.217 e. The molecule has 1 atom stereocenters. The highest BCUT2D eigenvalue weighted by atomic mass is 16.1. The van der Waals surface area contributed by atoms with Gasteiger partial charge in [0.25, 0.3) is 0 Å². The fourth-order valence-electron chi connectivity index (χ4n) is 1.15. The van der Waals surface area contributed by atoms with Gasteiger partial charge >= 0.3 is 0 Å². The van der Waals surface area contributed by atoms with Crippen molar-refractivity contribution >= 4 is 5.91 Å². The van der Waals surface area contributed by atoms with Gasteiger partial charge in [-0.05, 0) is 19.1 Å². The van der Waals surface area contributed by atoms with Gasteiger partial charge in [-0.1, -0.05) is 12.0 Å². The first kappa shape index (κ1) is 10.3. The molecule has 1 N–H and O–H groups in total. The molecule has 0 fully saturated rings. The van der Waals surface area contributed by atoms with Crippen molar-refractivity contribution in [3.63, 3.8) is 0 Å². The van der Waals surface area contributed by atoms with Crippen LogP contribution in [-0.4, -0.2) is 10.9 Å². The third kappa shape index (κ3) is 2.60. The Morgan fingerprint density at radius 3 is 2.93 bits per heavy atom. The van der Waals surface area contributed by atoms with Crippen LogP contribution in [0.3, 0.4) is 0 Å². The number of amides is 1. The second-order valence-electron chi connectivity index (χ2n) is 3.01. The summed E-state index contributed by atoms with van der Waals surface area (Å²) in [7, 11) is 0. The van der Waals surface area contributed by atoms with Crippen molar-refractivity contribution in [2.75, 3.05) is 0 Å². The lowest BCUT2D eigenvalue weighted by atomic mass is 10.2. The van der Waals surface area contributed by atoms with Gasteiger partial charge in [0.15, 0.2) is 0 Å². The number of hydrogen-bond donors (Lipinski definition) is 1. The zero-order valence-corrected chi connectivity index (χ0v) is 8.24. The van der Waals surface area contributed by atoms with E-state index in [0.717, 1.165) is 5.69 Å². The Kier molecular flexibility index (Phi) is 3.24. The van der Waals surface area contributed by atoms with Crippen LogP contribution < -0.4 is 5.32 Å². The number of carbonyl (C=O) groups is 1. The first-order chi connectivity index (χ1) is 6.63. The van der Waals surface area contributed by atoms with E-state index in [-0.39, 0.29) is 11.9 Å². The highest BCUT2D eigenvalue weighted by Gasteiger charge is 2.07. The Balaban J connectivity index is 2.85. The van der Waals surface area contributed by atoms with E-state index in [1.807, 2.05) is 19.1 Å². The SMILES string of the molecule is C#Cc1cccc(C(C)NC(C)=O)n1. The lowest BCUT2D eigenvalue weighted by Gasteiger charge is -2.11. The van der Waals surface area contributed by atoms with Crippen molar-refractivity contribution in [2.24, 2.45) is 0 Å². The number of hydrogen-bond acceptors (Lipinski definition) is 2. The van der Waals surface area contributed by atoms with E-state index in [0.29, 0.717) is 5.69 Å². The van der Waals surface area contributed by atoms with Gasteiger partial charge in [-0.25, -0.2) is 4.98 Å². The Hall–Kier alpha value is -1.82. The van der Waals surface area contributed by atoms with E-state index in [1.165, 1.54) is 6.92 Å². The van der Waals surface area contributed by atoms with Crippen molar-refractivity contribution in [1.82, 2.24) is 10.3 Å². The monoisotopic (exact) mass is 188 g/mol. The highest BCUT2D eigenvalue weighted by Crippen LogP contribution is 2.09. The molecule has 3 nitrogen and oxygen atoms in total. The molecule has 0 aromatic carbocycles. The number of nitrogens with one attached hydrogen (secondary N) is 1. The van der Waals surface area contributed by atoms with Crippen LogP contribution in [0.25, 0.3) is 0 Å².